The van der Waals surface area contributed by atoms with Crippen LogP contribution in [0, 0.1) is 0 Å². The van der Waals surface area contributed by atoms with Crippen LogP contribution in [-0.4, -0.2) is 24.0 Å². The summed E-state index contributed by atoms with van der Waals surface area (Å²) in [6.07, 6.45) is -0.0769. The molecule has 2 aromatic carbocycles. The fourth-order valence-corrected chi connectivity index (χ4v) is 2.13. The number of benzene rings is 2. The number of carboxylic acids is 1. The highest BCUT2D eigenvalue weighted by Gasteiger charge is 2.23. The molecule has 0 saturated heterocycles. The van der Waals surface area contributed by atoms with Gasteiger partial charge in [0.1, 0.15) is 5.75 Å². The summed E-state index contributed by atoms with van der Waals surface area (Å²) in [7, 11) is 1.52. The topological polar surface area (TPSA) is 63.6 Å². The molecule has 21 heavy (non-hydrogen) atoms. The SMILES string of the molecule is COc1cccc(C(=O)C[C@H](C(=O)O)c2ccccc2)c1. The number of aliphatic carboxylic acids is 1. The molecule has 0 radical (unpaired) electrons. The Labute approximate surface area is 123 Å². The molecule has 0 fully saturated rings. The molecule has 108 valence electrons. The van der Waals surface area contributed by atoms with Crippen LogP contribution in [-0.2, 0) is 4.79 Å². The molecule has 0 amide bonds. The molecular weight excluding hydrogens is 268 g/mol. The van der Waals surface area contributed by atoms with Crippen LogP contribution in [0.15, 0.2) is 54.6 Å². The lowest BCUT2D eigenvalue weighted by atomic mass is 9.91. The van der Waals surface area contributed by atoms with Crippen LogP contribution < -0.4 is 4.74 Å². The van der Waals surface area contributed by atoms with E-state index in [1.807, 2.05) is 6.07 Å². The summed E-state index contributed by atoms with van der Waals surface area (Å²) in [4.78, 5) is 23.7. The van der Waals surface area contributed by atoms with E-state index in [9.17, 15) is 14.7 Å². The standard InChI is InChI=1S/C17H16O4/c1-21-14-9-5-8-13(10-14)16(18)11-15(17(19)20)12-6-3-2-4-7-12/h2-10,15H,11H2,1H3,(H,19,20)/t15-/m0/s1. The summed E-state index contributed by atoms with van der Waals surface area (Å²) in [5.74, 6) is -1.49. The fourth-order valence-electron chi connectivity index (χ4n) is 2.13. The zero-order chi connectivity index (χ0) is 15.2. The van der Waals surface area contributed by atoms with Crippen LogP contribution in [0.3, 0.4) is 0 Å². The molecule has 2 rings (SSSR count). The highest BCUT2D eigenvalue weighted by Crippen LogP contribution is 2.23. The number of rotatable bonds is 6. The second-order valence-corrected chi connectivity index (χ2v) is 4.66. The average molecular weight is 284 g/mol. The molecule has 0 aliphatic rings. The van der Waals surface area contributed by atoms with Gasteiger partial charge in [0, 0.05) is 12.0 Å². The van der Waals surface area contributed by atoms with Crippen LogP contribution in [0.5, 0.6) is 5.75 Å². The van der Waals surface area contributed by atoms with E-state index in [-0.39, 0.29) is 12.2 Å². The molecule has 0 unspecified atom stereocenters. The number of Topliss-reactive ketones (excluding diaryl/α,β-unsaturated/α-hetero) is 1. The molecule has 0 aliphatic carbocycles. The zero-order valence-corrected chi connectivity index (χ0v) is 11.7. The van der Waals surface area contributed by atoms with Gasteiger partial charge in [-0.15, -0.1) is 0 Å². The van der Waals surface area contributed by atoms with E-state index in [0.717, 1.165) is 0 Å². The Morgan fingerprint density at radius 3 is 2.43 bits per heavy atom. The normalized spacial score (nSPS) is 11.7. The Hall–Kier alpha value is -2.62. The predicted octanol–water partition coefficient (Wildman–Crippen LogP) is 3.14. The molecule has 1 N–H and O–H groups in total. The smallest absolute Gasteiger partial charge is 0.311 e. The van der Waals surface area contributed by atoms with Crippen LogP contribution >= 0.6 is 0 Å². The van der Waals surface area contributed by atoms with E-state index in [2.05, 4.69) is 0 Å². The summed E-state index contributed by atoms with van der Waals surface area (Å²) < 4.78 is 5.07. The number of carboxylic acid groups (broad SMARTS) is 1. The summed E-state index contributed by atoms with van der Waals surface area (Å²) in [5.41, 5.74) is 1.08. The van der Waals surface area contributed by atoms with Gasteiger partial charge in [0.05, 0.1) is 13.0 Å². The number of hydrogen-bond donors (Lipinski definition) is 1. The first-order chi connectivity index (χ1) is 10.1. The third kappa shape index (κ3) is 3.69. The van der Waals surface area contributed by atoms with Crippen molar-refractivity contribution < 1.29 is 19.4 Å². The lowest BCUT2D eigenvalue weighted by Gasteiger charge is -2.12. The third-order valence-corrected chi connectivity index (χ3v) is 3.28. The largest absolute Gasteiger partial charge is 0.497 e. The first-order valence-corrected chi connectivity index (χ1v) is 6.57. The highest BCUT2D eigenvalue weighted by atomic mass is 16.5. The first-order valence-electron chi connectivity index (χ1n) is 6.57. The molecule has 0 heterocycles. The second kappa shape index (κ2) is 6.70. The van der Waals surface area contributed by atoms with Crippen LogP contribution in [0.4, 0.5) is 0 Å². The molecular formula is C17H16O4. The molecule has 0 aliphatic heterocycles. The Morgan fingerprint density at radius 2 is 1.81 bits per heavy atom. The lowest BCUT2D eigenvalue weighted by molar-refractivity contribution is -0.138. The summed E-state index contributed by atoms with van der Waals surface area (Å²) in [6.45, 7) is 0. The predicted molar refractivity (Wildman–Crippen MR) is 78.8 cm³/mol. The molecule has 1 atom stereocenters. The van der Waals surface area contributed by atoms with E-state index in [1.54, 1.807) is 48.5 Å². The van der Waals surface area contributed by atoms with Gasteiger partial charge < -0.3 is 9.84 Å². The van der Waals surface area contributed by atoms with E-state index in [0.29, 0.717) is 16.9 Å². The van der Waals surface area contributed by atoms with Gasteiger partial charge in [-0.25, -0.2) is 0 Å². The van der Waals surface area contributed by atoms with Crippen molar-refractivity contribution in [2.45, 2.75) is 12.3 Å². The van der Waals surface area contributed by atoms with Crippen LogP contribution in [0.1, 0.15) is 28.3 Å². The highest BCUT2D eigenvalue weighted by molar-refractivity contribution is 5.99. The molecule has 2 aromatic rings. The van der Waals surface area contributed by atoms with Gasteiger partial charge in [-0.05, 0) is 17.7 Å². The Morgan fingerprint density at radius 1 is 1.10 bits per heavy atom. The number of ketones is 1. The molecule has 0 saturated carbocycles. The second-order valence-electron chi connectivity index (χ2n) is 4.66. The summed E-state index contributed by atoms with van der Waals surface area (Å²) in [5, 5.41) is 9.35. The van der Waals surface area contributed by atoms with Gasteiger partial charge in [0.15, 0.2) is 5.78 Å². The van der Waals surface area contributed by atoms with Gasteiger partial charge in [-0.1, -0.05) is 42.5 Å². The fraction of sp³-hybridized carbons (Fsp3) is 0.176. The number of carbonyl (C=O) groups excluding carboxylic acids is 1. The lowest BCUT2D eigenvalue weighted by Crippen LogP contribution is -2.16. The van der Waals surface area contributed by atoms with E-state index in [4.69, 9.17) is 4.74 Å². The van der Waals surface area contributed by atoms with Crippen molar-refractivity contribution in [2.24, 2.45) is 0 Å². The molecule has 0 bridgehead atoms. The van der Waals surface area contributed by atoms with Gasteiger partial charge in [-0.3, -0.25) is 9.59 Å². The minimum Gasteiger partial charge on any atom is -0.497 e. The van der Waals surface area contributed by atoms with Crippen molar-refractivity contribution in [1.82, 2.24) is 0 Å². The van der Waals surface area contributed by atoms with Crippen molar-refractivity contribution in [2.75, 3.05) is 7.11 Å². The van der Waals surface area contributed by atoms with E-state index in [1.165, 1.54) is 7.11 Å². The van der Waals surface area contributed by atoms with Gasteiger partial charge >= 0.3 is 5.97 Å². The minimum absolute atomic E-state index is 0.0769. The summed E-state index contributed by atoms with van der Waals surface area (Å²) in [6, 6.07) is 15.5. The van der Waals surface area contributed by atoms with E-state index < -0.39 is 11.9 Å². The monoisotopic (exact) mass is 284 g/mol. The zero-order valence-electron chi connectivity index (χ0n) is 11.7. The van der Waals surface area contributed by atoms with Crippen molar-refractivity contribution >= 4 is 11.8 Å². The maximum absolute atomic E-state index is 12.3. The van der Waals surface area contributed by atoms with Crippen molar-refractivity contribution in [3.8, 4) is 5.75 Å². The maximum Gasteiger partial charge on any atom is 0.311 e. The number of ether oxygens (including phenoxy) is 1. The van der Waals surface area contributed by atoms with Crippen molar-refractivity contribution in [3.05, 3.63) is 65.7 Å². The van der Waals surface area contributed by atoms with Crippen molar-refractivity contribution in [1.29, 1.82) is 0 Å². The van der Waals surface area contributed by atoms with Gasteiger partial charge in [-0.2, -0.15) is 0 Å². The van der Waals surface area contributed by atoms with Crippen LogP contribution in [0.2, 0.25) is 0 Å². The number of hydrogen-bond acceptors (Lipinski definition) is 3. The Kier molecular flexibility index (Phi) is 4.72. The van der Waals surface area contributed by atoms with Crippen molar-refractivity contribution in [3.63, 3.8) is 0 Å². The molecule has 0 aromatic heterocycles. The summed E-state index contributed by atoms with van der Waals surface area (Å²) >= 11 is 0. The quantitative estimate of drug-likeness (QED) is 0.828. The average Bonchev–Trinajstić information content (AvgIpc) is 2.53. The molecule has 4 heteroatoms. The Balaban J connectivity index is 2.21. The first kappa shape index (κ1) is 14.8. The van der Waals surface area contributed by atoms with Gasteiger partial charge in [0.2, 0.25) is 0 Å². The number of methoxy groups -OCH3 is 1. The number of carbonyl (C=O) groups is 2. The third-order valence-electron chi connectivity index (χ3n) is 3.28. The maximum atomic E-state index is 12.3. The minimum atomic E-state index is -1.00. The van der Waals surface area contributed by atoms with Crippen LogP contribution in [0.25, 0.3) is 0 Å². The van der Waals surface area contributed by atoms with Gasteiger partial charge in [0.25, 0.3) is 0 Å². The molecule has 4 nitrogen and oxygen atoms in total. The Bertz CT molecular complexity index is 634. The molecule has 0 spiro atoms. The van der Waals surface area contributed by atoms with E-state index >= 15 is 0 Å².